The van der Waals surface area contributed by atoms with Gasteiger partial charge in [-0.3, -0.25) is 9.69 Å². The van der Waals surface area contributed by atoms with Crippen LogP contribution in [0, 0.1) is 11.8 Å². The molecule has 1 aliphatic carbocycles. The SMILES string of the molecule is COc1ccc(CN2C[C@@H](COc3ccc4c(c3)CCC4)C[C@@H](C(=O)NCC[C@@H]3CCCN3C)C2)cc1OC. The van der Waals surface area contributed by atoms with Gasteiger partial charge in [0.2, 0.25) is 5.91 Å². The second-order valence-electron chi connectivity index (χ2n) is 11.6. The smallest absolute Gasteiger partial charge is 0.224 e. The summed E-state index contributed by atoms with van der Waals surface area (Å²) in [5.41, 5.74) is 4.04. The highest BCUT2D eigenvalue weighted by atomic mass is 16.5. The summed E-state index contributed by atoms with van der Waals surface area (Å²) in [6, 6.07) is 13.2. The molecule has 7 heteroatoms. The molecule has 39 heavy (non-hydrogen) atoms. The first-order chi connectivity index (χ1) is 19.0. The van der Waals surface area contributed by atoms with E-state index in [9.17, 15) is 4.79 Å². The first-order valence-corrected chi connectivity index (χ1v) is 14.7. The molecule has 2 saturated heterocycles. The minimum atomic E-state index is -0.0474. The van der Waals surface area contributed by atoms with Gasteiger partial charge in [0.25, 0.3) is 0 Å². The van der Waals surface area contributed by atoms with Crippen LogP contribution in [0.5, 0.6) is 17.2 Å². The molecule has 0 unspecified atom stereocenters. The molecule has 2 aliphatic heterocycles. The third kappa shape index (κ3) is 7.06. The molecule has 3 aliphatic rings. The zero-order chi connectivity index (χ0) is 27.2. The number of piperidine rings is 1. The van der Waals surface area contributed by atoms with E-state index in [0.29, 0.717) is 12.6 Å². The minimum absolute atomic E-state index is 0.0474. The number of aryl methyl sites for hydroxylation is 2. The number of methoxy groups -OCH3 is 2. The lowest BCUT2D eigenvalue weighted by Gasteiger charge is -2.37. The first kappa shape index (κ1) is 27.8. The summed E-state index contributed by atoms with van der Waals surface area (Å²) in [6.07, 6.45) is 7.93. The molecule has 2 heterocycles. The number of rotatable bonds is 11. The number of ether oxygens (including phenoxy) is 3. The lowest BCUT2D eigenvalue weighted by atomic mass is 9.88. The predicted octanol–water partition coefficient (Wildman–Crippen LogP) is 4.31. The number of hydrogen-bond acceptors (Lipinski definition) is 6. The van der Waals surface area contributed by atoms with E-state index < -0.39 is 0 Å². The summed E-state index contributed by atoms with van der Waals surface area (Å²) in [5, 5.41) is 3.27. The molecule has 2 aromatic carbocycles. The molecule has 0 aromatic heterocycles. The van der Waals surface area contributed by atoms with Crippen molar-refractivity contribution in [2.24, 2.45) is 11.8 Å². The second kappa shape index (κ2) is 13.1. The van der Waals surface area contributed by atoms with E-state index in [2.05, 4.69) is 46.4 Å². The monoisotopic (exact) mass is 535 g/mol. The summed E-state index contributed by atoms with van der Waals surface area (Å²) in [5.74, 6) is 2.82. The Morgan fingerprint density at radius 1 is 1.00 bits per heavy atom. The van der Waals surface area contributed by atoms with Crippen molar-refractivity contribution in [3.05, 3.63) is 53.1 Å². The first-order valence-electron chi connectivity index (χ1n) is 14.7. The molecule has 2 fully saturated rings. The quantitative estimate of drug-likeness (QED) is 0.463. The van der Waals surface area contributed by atoms with Gasteiger partial charge in [0.15, 0.2) is 11.5 Å². The van der Waals surface area contributed by atoms with Gasteiger partial charge in [-0.15, -0.1) is 0 Å². The molecular formula is C32H45N3O4. The van der Waals surface area contributed by atoms with Gasteiger partial charge < -0.3 is 24.4 Å². The third-order valence-electron chi connectivity index (χ3n) is 8.84. The van der Waals surface area contributed by atoms with Gasteiger partial charge in [0, 0.05) is 38.1 Å². The van der Waals surface area contributed by atoms with Gasteiger partial charge in [-0.25, -0.2) is 0 Å². The van der Waals surface area contributed by atoms with E-state index in [4.69, 9.17) is 14.2 Å². The summed E-state index contributed by atoms with van der Waals surface area (Å²) in [6.45, 7) is 4.94. The van der Waals surface area contributed by atoms with Crippen LogP contribution in [0.15, 0.2) is 36.4 Å². The van der Waals surface area contributed by atoms with Crippen molar-refractivity contribution < 1.29 is 19.0 Å². The summed E-state index contributed by atoms with van der Waals surface area (Å²) in [7, 11) is 5.51. The zero-order valence-corrected chi connectivity index (χ0v) is 23.9. The van der Waals surface area contributed by atoms with E-state index in [1.165, 1.54) is 36.8 Å². The van der Waals surface area contributed by atoms with Crippen molar-refractivity contribution in [1.82, 2.24) is 15.1 Å². The van der Waals surface area contributed by atoms with Crippen LogP contribution < -0.4 is 19.5 Å². The van der Waals surface area contributed by atoms with Crippen molar-refractivity contribution in [2.45, 2.75) is 57.5 Å². The average Bonchev–Trinajstić information content (AvgIpc) is 3.59. The maximum absolute atomic E-state index is 13.4. The maximum Gasteiger partial charge on any atom is 0.224 e. The second-order valence-corrected chi connectivity index (χ2v) is 11.6. The molecule has 0 saturated carbocycles. The molecule has 3 atom stereocenters. The van der Waals surface area contributed by atoms with Crippen LogP contribution in [0.4, 0.5) is 0 Å². The van der Waals surface area contributed by atoms with Crippen molar-refractivity contribution in [3.8, 4) is 17.2 Å². The number of carbonyl (C=O) groups is 1. The van der Waals surface area contributed by atoms with Gasteiger partial charge in [-0.05, 0) is 99.5 Å². The summed E-state index contributed by atoms with van der Waals surface area (Å²) >= 11 is 0. The van der Waals surface area contributed by atoms with Gasteiger partial charge in [-0.2, -0.15) is 0 Å². The van der Waals surface area contributed by atoms with E-state index in [1.54, 1.807) is 14.2 Å². The molecule has 2 aromatic rings. The Kier molecular flexibility index (Phi) is 9.30. The fourth-order valence-electron chi connectivity index (χ4n) is 6.68. The maximum atomic E-state index is 13.4. The van der Waals surface area contributed by atoms with Crippen LogP contribution in [-0.2, 0) is 24.2 Å². The fourth-order valence-corrected chi connectivity index (χ4v) is 6.68. The predicted molar refractivity (Wildman–Crippen MR) is 154 cm³/mol. The van der Waals surface area contributed by atoms with Crippen LogP contribution in [0.1, 0.15) is 48.8 Å². The highest BCUT2D eigenvalue weighted by molar-refractivity contribution is 5.79. The number of amides is 1. The van der Waals surface area contributed by atoms with Gasteiger partial charge in [0.1, 0.15) is 5.75 Å². The highest BCUT2D eigenvalue weighted by Crippen LogP contribution is 2.31. The van der Waals surface area contributed by atoms with Gasteiger partial charge >= 0.3 is 0 Å². The van der Waals surface area contributed by atoms with Crippen LogP contribution in [0.2, 0.25) is 0 Å². The Morgan fingerprint density at radius 3 is 2.64 bits per heavy atom. The normalized spacial score (nSPS) is 23.4. The molecule has 0 bridgehead atoms. The van der Waals surface area contributed by atoms with E-state index in [0.717, 1.165) is 74.8 Å². The molecule has 7 nitrogen and oxygen atoms in total. The standard InChI is InChI=1S/C32H45N3O4/c1-34-15-5-8-28(34)13-14-33-32(36)27-16-24(22-39-29-11-10-25-6-4-7-26(25)18-29)20-35(21-27)19-23-9-12-30(37-2)31(17-23)38-3/h9-12,17-18,24,27-28H,4-8,13-16,19-22H2,1-3H3,(H,33,36)/t24-,27+,28-/m0/s1. The molecule has 0 radical (unpaired) electrons. The lowest BCUT2D eigenvalue weighted by molar-refractivity contribution is -0.127. The topological polar surface area (TPSA) is 63.3 Å². The largest absolute Gasteiger partial charge is 0.493 e. The number of fused-ring (bicyclic) bond motifs is 1. The molecule has 1 N–H and O–H groups in total. The number of hydrogen-bond donors (Lipinski definition) is 1. The summed E-state index contributed by atoms with van der Waals surface area (Å²) < 4.78 is 17.3. The van der Waals surface area contributed by atoms with Gasteiger partial charge in [0.05, 0.1) is 26.7 Å². The van der Waals surface area contributed by atoms with Crippen LogP contribution >= 0.6 is 0 Å². The van der Waals surface area contributed by atoms with Crippen molar-refractivity contribution >= 4 is 5.91 Å². The number of carbonyl (C=O) groups excluding carboxylic acids is 1. The Bertz CT molecular complexity index is 1120. The number of benzene rings is 2. The molecular weight excluding hydrogens is 490 g/mol. The number of nitrogens with zero attached hydrogens (tertiary/aromatic N) is 2. The number of nitrogens with one attached hydrogen (secondary N) is 1. The van der Waals surface area contributed by atoms with E-state index >= 15 is 0 Å². The Hall–Kier alpha value is -2.77. The lowest BCUT2D eigenvalue weighted by Crippen LogP contribution is -2.47. The average molecular weight is 536 g/mol. The highest BCUT2D eigenvalue weighted by Gasteiger charge is 2.32. The molecule has 0 spiro atoms. The third-order valence-corrected chi connectivity index (χ3v) is 8.84. The molecule has 212 valence electrons. The van der Waals surface area contributed by atoms with Crippen molar-refractivity contribution in [2.75, 3.05) is 54.1 Å². The van der Waals surface area contributed by atoms with Crippen LogP contribution in [-0.4, -0.2) is 75.8 Å². The Labute approximate surface area is 233 Å². The van der Waals surface area contributed by atoms with E-state index in [1.807, 2.05) is 12.1 Å². The van der Waals surface area contributed by atoms with Gasteiger partial charge in [-0.1, -0.05) is 12.1 Å². The Morgan fingerprint density at radius 2 is 1.85 bits per heavy atom. The fraction of sp³-hybridized carbons (Fsp3) is 0.594. The summed E-state index contributed by atoms with van der Waals surface area (Å²) in [4.78, 5) is 18.2. The van der Waals surface area contributed by atoms with Crippen molar-refractivity contribution in [3.63, 3.8) is 0 Å². The molecule has 1 amide bonds. The van der Waals surface area contributed by atoms with Crippen LogP contribution in [0.3, 0.4) is 0 Å². The zero-order valence-electron chi connectivity index (χ0n) is 23.9. The van der Waals surface area contributed by atoms with Crippen molar-refractivity contribution in [1.29, 1.82) is 0 Å². The molecule has 5 rings (SSSR count). The Balaban J connectivity index is 1.23. The minimum Gasteiger partial charge on any atom is -0.493 e. The van der Waals surface area contributed by atoms with Crippen LogP contribution in [0.25, 0.3) is 0 Å². The number of likely N-dealkylation sites (tertiary alicyclic amines) is 2. The van der Waals surface area contributed by atoms with E-state index in [-0.39, 0.29) is 17.7 Å².